The van der Waals surface area contributed by atoms with Crippen molar-refractivity contribution in [3.8, 4) is 0 Å². The van der Waals surface area contributed by atoms with Crippen LogP contribution in [0.4, 0.5) is 5.82 Å². The minimum absolute atomic E-state index is 0.00190. The molecule has 3 unspecified atom stereocenters. The molecule has 0 spiro atoms. The van der Waals surface area contributed by atoms with Crippen molar-refractivity contribution in [1.29, 1.82) is 0 Å². The van der Waals surface area contributed by atoms with Crippen LogP contribution in [0.2, 0.25) is 0 Å². The zero-order chi connectivity index (χ0) is 26.7. The summed E-state index contributed by atoms with van der Waals surface area (Å²) in [6.07, 6.45) is 16.8. The van der Waals surface area contributed by atoms with Crippen LogP contribution in [0, 0.1) is 11.8 Å². The molecule has 0 radical (unpaired) electrons. The third kappa shape index (κ3) is 4.83. The van der Waals surface area contributed by atoms with E-state index in [0.29, 0.717) is 42.7 Å². The Morgan fingerprint density at radius 3 is 2.26 bits per heavy atom. The Morgan fingerprint density at radius 2 is 1.59 bits per heavy atom. The molecular formula is C31H43N4O3P. The van der Waals surface area contributed by atoms with E-state index < -0.39 is 7.37 Å². The van der Waals surface area contributed by atoms with Crippen LogP contribution in [-0.2, 0) is 4.57 Å². The fourth-order valence-electron chi connectivity index (χ4n) is 9.07. The highest BCUT2D eigenvalue weighted by atomic mass is 31.2. The Labute approximate surface area is 231 Å². The van der Waals surface area contributed by atoms with Crippen LogP contribution >= 0.6 is 7.37 Å². The van der Waals surface area contributed by atoms with Gasteiger partial charge in [-0.15, -0.1) is 0 Å². The first kappa shape index (κ1) is 26.0. The maximum Gasteiger partial charge on any atom is 0.294 e. The molecule has 1 aromatic heterocycles. The van der Waals surface area contributed by atoms with Crippen molar-refractivity contribution in [3.63, 3.8) is 0 Å². The van der Waals surface area contributed by atoms with Crippen molar-refractivity contribution in [1.82, 2.24) is 14.5 Å². The van der Waals surface area contributed by atoms with Crippen LogP contribution in [-0.4, -0.2) is 57.2 Å². The summed E-state index contributed by atoms with van der Waals surface area (Å²) in [5.41, 5.74) is 1.80. The third-order valence-corrected chi connectivity index (χ3v) is 12.2. The van der Waals surface area contributed by atoms with E-state index in [0.717, 1.165) is 41.8 Å². The summed E-state index contributed by atoms with van der Waals surface area (Å²) in [6.45, 7) is 2.39. The van der Waals surface area contributed by atoms with Crippen LogP contribution < -0.4 is 10.5 Å². The van der Waals surface area contributed by atoms with Crippen molar-refractivity contribution in [3.05, 3.63) is 46.0 Å². The quantitative estimate of drug-likeness (QED) is 0.477. The lowest BCUT2D eigenvalue weighted by Gasteiger charge is -2.55. The van der Waals surface area contributed by atoms with E-state index in [9.17, 15) is 14.3 Å². The molecule has 1 aromatic carbocycles. The normalized spacial score (nSPS) is 34.9. The third-order valence-electron chi connectivity index (χ3n) is 10.7. The van der Waals surface area contributed by atoms with Gasteiger partial charge in [-0.1, -0.05) is 43.9 Å². The highest BCUT2D eigenvalue weighted by Crippen LogP contribution is 2.49. The lowest BCUT2D eigenvalue weighted by Crippen LogP contribution is -2.58. The predicted molar refractivity (Wildman–Crippen MR) is 157 cm³/mol. The lowest BCUT2D eigenvalue weighted by atomic mass is 9.68. The van der Waals surface area contributed by atoms with E-state index in [1.54, 1.807) is 0 Å². The molecule has 7 rings (SSSR count). The number of fused-ring (bicyclic) bond motifs is 5. The Kier molecular flexibility index (Phi) is 6.76. The van der Waals surface area contributed by atoms with Gasteiger partial charge in [0, 0.05) is 49.2 Å². The first-order valence-corrected chi connectivity index (χ1v) is 17.5. The van der Waals surface area contributed by atoms with Crippen LogP contribution in [0.5, 0.6) is 0 Å². The zero-order valence-corrected chi connectivity index (χ0v) is 24.1. The van der Waals surface area contributed by atoms with Crippen molar-refractivity contribution in [2.45, 2.75) is 101 Å². The summed E-state index contributed by atoms with van der Waals surface area (Å²) in [7, 11) is -3.25. The van der Waals surface area contributed by atoms with Crippen molar-refractivity contribution >= 4 is 24.2 Å². The van der Waals surface area contributed by atoms with Gasteiger partial charge in [0.2, 0.25) is 7.37 Å². The van der Waals surface area contributed by atoms with Gasteiger partial charge < -0.3 is 14.4 Å². The Hall–Kier alpha value is -1.95. The highest BCUT2D eigenvalue weighted by molar-refractivity contribution is 7.61. The van der Waals surface area contributed by atoms with Gasteiger partial charge in [-0.05, 0) is 75.3 Å². The van der Waals surface area contributed by atoms with E-state index in [2.05, 4.69) is 15.5 Å². The fourth-order valence-corrected chi connectivity index (χ4v) is 10.0. The average Bonchev–Trinajstić information content (AvgIpc) is 2.91. The van der Waals surface area contributed by atoms with Crippen LogP contribution in [0.25, 0.3) is 11.0 Å². The van der Waals surface area contributed by atoms with Gasteiger partial charge in [0.05, 0.1) is 11.0 Å². The Bertz CT molecular complexity index is 1360. The second-order valence-corrected chi connectivity index (χ2v) is 15.5. The van der Waals surface area contributed by atoms with Gasteiger partial charge in [0.25, 0.3) is 5.56 Å². The van der Waals surface area contributed by atoms with Gasteiger partial charge in [0.1, 0.15) is 0 Å². The van der Waals surface area contributed by atoms with E-state index in [-0.39, 0.29) is 11.6 Å². The van der Waals surface area contributed by atoms with Crippen LogP contribution in [0.1, 0.15) is 83.1 Å². The van der Waals surface area contributed by atoms with Gasteiger partial charge in [0.15, 0.2) is 5.82 Å². The Balaban J connectivity index is 1.21. The molecular weight excluding hydrogens is 507 g/mol. The largest absolute Gasteiger partial charge is 0.348 e. The molecule has 5 aliphatic rings. The fraction of sp³-hybridized carbons (Fsp3) is 0.677. The van der Waals surface area contributed by atoms with Crippen LogP contribution in [0.15, 0.2) is 40.5 Å². The summed E-state index contributed by atoms with van der Waals surface area (Å²) >= 11 is 0. The molecule has 2 saturated carbocycles. The molecule has 210 valence electrons. The smallest absolute Gasteiger partial charge is 0.294 e. The zero-order valence-electron chi connectivity index (χ0n) is 23.3. The van der Waals surface area contributed by atoms with Gasteiger partial charge in [-0.2, -0.15) is 0 Å². The van der Waals surface area contributed by atoms with Crippen molar-refractivity contribution in [2.75, 3.05) is 24.7 Å². The highest BCUT2D eigenvalue weighted by Gasteiger charge is 2.45. The summed E-state index contributed by atoms with van der Waals surface area (Å²) in [5.74, 6) is 2.35. The molecule has 4 heterocycles. The van der Waals surface area contributed by atoms with Gasteiger partial charge in [-0.25, -0.2) is 4.98 Å². The maximum absolute atomic E-state index is 14.2. The molecule has 7 nitrogen and oxygen atoms in total. The molecule has 3 aliphatic heterocycles. The second kappa shape index (κ2) is 10.2. The number of hydrogen-bond acceptors (Lipinski definition) is 5. The number of nitrogens with zero attached hydrogens (tertiary/aromatic N) is 4. The summed E-state index contributed by atoms with van der Waals surface area (Å²) < 4.78 is 14.3. The molecule has 2 aliphatic carbocycles. The van der Waals surface area contributed by atoms with Gasteiger partial charge in [-0.3, -0.25) is 14.3 Å². The maximum atomic E-state index is 14.2. The molecule has 4 bridgehead atoms. The minimum atomic E-state index is -3.25. The number of piperidine rings is 2. The van der Waals surface area contributed by atoms with E-state index in [1.807, 2.05) is 29.2 Å². The summed E-state index contributed by atoms with van der Waals surface area (Å²) in [5, 5.41) is 0.604. The van der Waals surface area contributed by atoms with E-state index >= 15 is 0 Å². The van der Waals surface area contributed by atoms with Crippen molar-refractivity contribution in [2.24, 2.45) is 11.8 Å². The SMILES string of the molecule is CP(=O)(O)C1=CCN(c2nc3ccccc3n(C3C[C@H]4CCC[C@@H](C3)N4C3C[C@H]4CCC[C@@H](C3)C4)c2=O)CC1. The van der Waals surface area contributed by atoms with Crippen LogP contribution in [0.3, 0.4) is 0 Å². The molecule has 4 fully saturated rings. The lowest BCUT2D eigenvalue weighted by molar-refractivity contribution is -0.0485. The van der Waals surface area contributed by atoms with Gasteiger partial charge >= 0.3 is 0 Å². The Morgan fingerprint density at radius 1 is 0.897 bits per heavy atom. The molecule has 1 N–H and O–H groups in total. The number of aromatic nitrogens is 2. The number of benzene rings is 1. The predicted octanol–water partition coefficient (Wildman–Crippen LogP) is 5.92. The molecule has 2 aromatic rings. The first-order chi connectivity index (χ1) is 18.8. The summed E-state index contributed by atoms with van der Waals surface area (Å²) in [6, 6.07) is 10.2. The molecule has 8 heteroatoms. The first-order valence-electron chi connectivity index (χ1n) is 15.4. The molecule has 7 atom stereocenters. The number of anilines is 1. The van der Waals surface area contributed by atoms with Crippen molar-refractivity contribution < 1.29 is 9.46 Å². The number of hydrogen-bond donors (Lipinski definition) is 1. The minimum Gasteiger partial charge on any atom is -0.348 e. The van der Waals surface area contributed by atoms with E-state index in [1.165, 1.54) is 64.5 Å². The molecule has 2 saturated heterocycles. The second-order valence-electron chi connectivity index (χ2n) is 13.2. The number of para-hydroxylation sites is 2. The number of rotatable bonds is 4. The molecule has 39 heavy (non-hydrogen) atoms. The standard InChI is InChI=1S/C31H43N4O3P/c1-39(37,38)27-12-14-33(15-13-27)30-31(36)35(29-11-3-2-10-28(29)32-30)26-19-23-8-5-9-24(20-26)34(23)25-17-21-6-4-7-22(16-21)18-25/h2-3,10-12,21-26H,4-9,13-20H2,1H3,(H,37,38)/t21-,22+,23-,24+,25?,26?. The molecule has 0 amide bonds. The topological polar surface area (TPSA) is 78.7 Å². The summed E-state index contributed by atoms with van der Waals surface area (Å²) in [4.78, 5) is 34.1. The monoisotopic (exact) mass is 550 g/mol. The van der Waals surface area contributed by atoms with E-state index in [4.69, 9.17) is 4.98 Å². The average molecular weight is 551 g/mol.